The van der Waals surface area contributed by atoms with E-state index in [4.69, 9.17) is 5.73 Å². The van der Waals surface area contributed by atoms with E-state index >= 15 is 0 Å². The minimum absolute atomic E-state index is 0.229. The number of hydrogen-bond acceptors (Lipinski definition) is 3. The number of amides is 1. The third-order valence-corrected chi connectivity index (χ3v) is 4.21. The highest BCUT2D eigenvalue weighted by atomic mass is 16.1. The molecule has 112 valence electrons. The predicted octanol–water partition coefficient (Wildman–Crippen LogP) is 1.88. The van der Waals surface area contributed by atoms with Gasteiger partial charge in [-0.2, -0.15) is 0 Å². The Bertz CT molecular complexity index is 291. The lowest BCUT2D eigenvalue weighted by molar-refractivity contribution is -0.124. The van der Waals surface area contributed by atoms with Crippen molar-refractivity contribution in [1.82, 2.24) is 10.2 Å². The zero-order valence-electron chi connectivity index (χ0n) is 13.0. The molecule has 3 N–H and O–H groups in total. The number of hydrogen-bond donors (Lipinski definition) is 2. The SMILES string of the molecule is CCCCCN(C)C(C)CC(C)(NC1CC1)C(N)=O. The highest BCUT2D eigenvalue weighted by Gasteiger charge is 2.38. The summed E-state index contributed by atoms with van der Waals surface area (Å²) in [6.07, 6.45) is 6.85. The van der Waals surface area contributed by atoms with Gasteiger partial charge in [0.05, 0.1) is 5.54 Å². The Kier molecular flexibility index (Phi) is 6.27. The van der Waals surface area contributed by atoms with Gasteiger partial charge in [-0.15, -0.1) is 0 Å². The Morgan fingerprint density at radius 2 is 2.11 bits per heavy atom. The third kappa shape index (κ3) is 5.49. The van der Waals surface area contributed by atoms with Crippen LogP contribution >= 0.6 is 0 Å². The second-order valence-corrected chi connectivity index (χ2v) is 6.36. The number of carbonyl (C=O) groups is 1. The lowest BCUT2D eigenvalue weighted by atomic mass is 9.92. The first-order valence-electron chi connectivity index (χ1n) is 7.67. The fraction of sp³-hybridized carbons (Fsp3) is 0.933. The molecule has 2 unspecified atom stereocenters. The molecule has 1 aliphatic rings. The van der Waals surface area contributed by atoms with E-state index in [0.29, 0.717) is 12.1 Å². The third-order valence-electron chi connectivity index (χ3n) is 4.21. The summed E-state index contributed by atoms with van der Waals surface area (Å²) < 4.78 is 0. The quantitative estimate of drug-likeness (QED) is 0.595. The molecule has 2 atom stereocenters. The van der Waals surface area contributed by atoms with Crippen molar-refractivity contribution in [3.63, 3.8) is 0 Å². The molecule has 0 bridgehead atoms. The lowest BCUT2D eigenvalue weighted by Gasteiger charge is -2.34. The molecule has 1 amide bonds. The van der Waals surface area contributed by atoms with E-state index in [2.05, 4.69) is 31.1 Å². The van der Waals surface area contributed by atoms with Crippen molar-refractivity contribution in [2.24, 2.45) is 5.73 Å². The molecule has 19 heavy (non-hydrogen) atoms. The fourth-order valence-corrected chi connectivity index (χ4v) is 2.49. The van der Waals surface area contributed by atoms with Crippen molar-refractivity contribution < 1.29 is 4.79 Å². The summed E-state index contributed by atoms with van der Waals surface area (Å²) in [4.78, 5) is 14.1. The van der Waals surface area contributed by atoms with E-state index in [1.165, 1.54) is 32.1 Å². The van der Waals surface area contributed by atoms with E-state index in [1.54, 1.807) is 0 Å². The Hall–Kier alpha value is -0.610. The average Bonchev–Trinajstić information content (AvgIpc) is 3.12. The maximum absolute atomic E-state index is 11.7. The number of carbonyl (C=O) groups excluding carboxylic acids is 1. The van der Waals surface area contributed by atoms with Gasteiger partial charge in [-0.25, -0.2) is 0 Å². The van der Waals surface area contributed by atoms with Crippen molar-refractivity contribution in [2.45, 2.75) is 76.9 Å². The van der Waals surface area contributed by atoms with Crippen LogP contribution in [0.25, 0.3) is 0 Å². The summed E-state index contributed by atoms with van der Waals surface area (Å²) in [6, 6.07) is 0.857. The molecular formula is C15H31N3O. The molecule has 1 saturated carbocycles. The molecule has 0 aromatic heterocycles. The summed E-state index contributed by atoms with van der Waals surface area (Å²) in [5, 5.41) is 3.42. The fourth-order valence-electron chi connectivity index (χ4n) is 2.49. The number of unbranched alkanes of at least 4 members (excludes halogenated alkanes) is 2. The molecule has 0 radical (unpaired) electrons. The van der Waals surface area contributed by atoms with Crippen LogP contribution in [0.5, 0.6) is 0 Å². The van der Waals surface area contributed by atoms with Crippen LogP contribution in [-0.4, -0.2) is 42.0 Å². The lowest BCUT2D eigenvalue weighted by Crippen LogP contribution is -2.56. The van der Waals surface area contributed by atoms with E-state index in [-0.39, 0.29) is 5.91 Å². The molecule has 0 saturated heterocycles. The van der Waals surface area contributed by atoms with Crippen LogP contribution in [-0.2, 0) is 4.79 Å². The highest BCUT2D eigenvalue weighted by molar-refractivity contribution is 5.84. The minimum atomic E-state index is -0.570. The van der Waals surface area contributed by atoms with Gasteiger partial charge < -0.3 is 16.0 Å². The number of rotatable bonds is 10. The van der Waals surface area contributed by atoms with Gasteiger partial charge in [0.15, 0.2) is 0 Å². The van der Waals surface area contributed by atoms with Crippen molar-refractivity contribution in [3.05, 3.63) is 0 Å². The zero-order valence-corrected chi connectivity index (χ0v) is 13.0. The van der Waals surface area contributed by atoms with Crippen molar-refractivity contribution >= 4 is 5.91 Å². The summed E-state index contributed by atoms with van der Waals surface area (Å²) in [5.74, 6) is -0.229. The van der Waals surface area contributed by atoms with Gasteiger partial charge in [0.2, 0.25) is 5.91 Å². The van der Waals surface area contributed by atoms with Gasteiger partial charge in [-0.1, -0.05) is 19.8 Å². The Labute approximate surface area is 118 Å². The topological polar surface area (TPSA) is 58.4 Å². The van der Waals surface area contributed by atoms with E-state index in [0.717, 1.165) is 13.0 Å². The van der Waals surface area contributed by atoms with Crippen LogP contribution in [0.4, 0.5) is 0 Å². The number of nitrogens with one attached hydrogen (secondary N) is 1. The first kappa shape index (κ1) is 16.4. The van der Waals surface area contributed by atoms with Crippen LogP contribution in [0.3, 0.4) is 0 Å². The molecule has 1 rings (SSSR count). The summed E-state index contributed by atoms with van der Waals surface area (Å²) in [6.45, 7) is 7.44. The minimum Gasteiger partial charge on any atom is -0.368 e. The second-order valence-electron chi connectivity index (χ2n) is 6.36. The Morgan fingerprint density at radius 1 is 1.47 bits per heavy atom. The van der Waals surface area contributed by atoms with E-state index < -0.39 is 5.54 Å². The molecular weight excluding hydrogens is 238 g/mol. The molecule has 4 heteroatoms. The number of nitrogens with two attached hydrogens (primary N) is 1. The number of nitrogens with zero attached hydrogens (tertiary/aromatic N) is 1. The summed E-state index contributed by atoms with van der Waals surface area (Å²) in [5.41, 5.74) is 5.03. The highest BCUT2D eigenvalue weighted by Crippen LogP contribution is 2.25. The largest absolute Gasteiger partial charge is 0.368 e. The maximum atomic E-state index is 11.7. The van der Waals surface area contributed by atoms with E-state index in [9.17, 15) is 4.79 Å². The van der Waals surface area contributed by atoms with Crippen LogP contribution < -0.4 is 11.1 Å². The maximum Gasteiger partial charge on any atom is 0.237 e. The van der Waals surface area contributed by atoms with Crippen LogP contribution in [0.2, 0.25) is 0 Å². The predicted molar refractivity (Wildman–Crippen MR) is 80.0 cm³/mol. The normalized spacial score (nSPS) is 20.3. The molecule has 1 fully saturated rings. The van der Waals surface area contributed by atoms with Crippen molar-refractivity contribution in [3.8, 4) is 0 Å². The first-order valence-corrected chi connectivity index (χ1v) is 7.67. The van der Waals surface area contributed by atoms with Gasteiger partial charge in [-0.05, 0) is 53.1 Å². The average molecular weight is 269 g/mol. The van der Waals surface area contributed by atoms with Gasteiger partial charge in [-0.3, -0.25) is 4.79 Å². The molecule has 0 aromatic rings. The van der Waals surface area contributed by atoms with Crippen molar-refractivity contribution in [1.29, 1.82) is 0 Å². The summed E-state index contributed by atoms with van der Waals surface area (Å²) in [7, 11) is 2.14. The van der Waals surface area contributed by atoms with Crippen LogP contribution in [0.15, 0.2) is 0 Å². The summed E-state index contributed by atoms with van der Waals surface area (Å²) >= 11 is 0. The molecule has 1 aliphatic carbocycles. The van der Waals surface area contributed by atoms with Gasteiger partial charge in [0, 0.05) is 12.1 Å². The van der Waals surface area contributed by atoms with Gasteiger partial charge >= 0.3 is 0 Å². The standard InChI is InChI=1S/C15H31N3O/c1-5-6-7-10-18(4)12(2)11-15(3,14(16)19)17-13-8-9-13/h12-13,17H,5-11H2,1-4H3,(H2,16,19). The zero-order chi connectivity index (χ0) is 14.5. The molecule has 0 spiro atoms. The molecule has 0 heterocycles. The van der Waals surface area contributed by atoms with E-state index in [1.807, 2.05) is 6.92 Å². The Morgan fingerprint density at radius 3 is 2.58 bits per heavy atom. The van der Waals surface area contributed by atoms with Crippen molar-refractivity contribution in [2.75, 3.05) is 13.6 Å². The first-order chi connectivity index (χ1) is 8.89. The van der Waals surface area contributed by atoms with Gasteiger partial charge in [0.1, 0.15) is 0 Å². The molecule has 4 nitrogen and oxygen atoms in total. The Balaban J connectivity index is 2.45. The monoisotopic (exact) mass is 269 g/mol. The van der Waals surface area contributed by atoms with Crippen LogP contribution in [0, 0.1) is 0 Å². The smallest absolute Gasteiger partial charge is 0.237 e. The number of primary amides is 1. The molecule has 0 aromatic carbocycles. The van der Waals surface area contributed by atoms with Crippen LogP contribution in [0.1, 0.15) is 59.3 Å². The second kappa shape index (κ2) is 7.25. The van der Waals surface area contributed by atoms with Gasteiger partial charge in [0.25, 0.3) is 0 Å². The molecule has 0 aliphatic heterocycles.